The van der Waals surface area contributed by atoms with E-state index in [4.69, 9.17) is 0 Å². The van der Waals surface area contributed by atoms with Crippen LogP contribution in [0.15, 0.2) is 24.3 Å². The van der Waals surface area contributed by atoms with Crippen molar-refractivity contribution >= 4 is 35.5 Å². The van der Waals surface area contributed by atoms with E-state index in [2.05, 4.69) is 15.6 Å². The Balaban J connectivity index is 1.88. The summed E-state index contributed by atoms with van der Waals surface area (Å²) >= 11 is 3.88. The van der Waals surface area contributed by atoms with Crippen molar-refractivity contribution in [3.8, 4) is 0 Å². The molecule has 0 unspecified atom stereocenters. The van der Waals surface area contributed by atoms with Crippen LogP contribution < -0.4 is 10.9 Å². The van der Waals surface area contributed by atoms with Crippen LogP contribution in [0.5, 0.6) is 0 Å². The molecule has 5 nitrogen and oxygen atoms in total. The third-order valence-electron chi connectivity index (χ3n) is 2.83. The third-order valence-corrected chi connectivity index (χ3v) is 5.84. The summed E-state index contributed by atoms with van der Waals surface area (Å²) in [6.45, 7) is 1.95. The van der Waals surface area contributed by atoms with E-state index >= 15 is 0 Å². The first-order valence-corrected chi connectivity index (χ1v) is 8.86. The molecule has 0 aliphatic carbocycles. The number of ether oxygens (including phenoxy) is 1. The fourth-order valence-corrected chi connectivity index (χ4v) is 4.71. The van der Waals surface area contributed by atoms with E-state index < -0.39 is 6.09 Å². The number of hydrogen-bond acceptors (Lipinski definition) is 5. The second kappa shape index (κ2) is 8.19. The Kier molecular flexibility index (Phi) is 6.25. The molecule has 2 rings (SSSR count). The molecule has 0 spiro atoms. The number of thioether (sulfide) groups is 2. The molecule has 2 amide bonds. The van der Waals surface area contributed by atoms with Crippen LogP contribution in [0.4, 0.5) is 4.79 Å². The van der Waals surface area contributed by atoms with Crippen molar-refractivity contribution in [3.63, 3.8) is 0 Å². The zero-order chi connectivity index (χ0) is 15.1. The molecule has 0 bridgehead atoms. The van der Waals surface area contributed by atoms with Crippen LogP contribution in [0.3, 0.4) is 0 Å². The molecule has 1 saturated heterocycles. The lowest BCUT2D eigenvalue weighted by molar-refractivity contribution is 0.0912. The lowest BCUT2D eigenvalue weighted by Crippen LogP contribution is -2.41. The number of hydrazine groups is 1. The molecule has 114 valence electrons. The van der Waals surface area contributed by atoms with Gasteiger partial charge in [-0.3, -0.25) is 10.2 Å². The highest BCUT2D eigenvalue weighted by Gasteiger charge is 2.17. The molecule has 0 atom stereocenters. The van der Waals surface area contributed by atoms with Gasteiger partial charge in [-0.15, -0.1) is 23.5 Å². The Morgan fingerprint density at radius 3 is 2.48 bits per heavy atom. The quantitative estimate of drug-likeness (QED) is 0.836. The Morgan fingerprint density at radius 1 is 1.19 bits per heavy atom. The maximum Gasteiger partial charge on any atom is 0.426 e. The SMILES string of the molecule is CCOC(=O)NNC(=O)c1ccc(C2SCCCS2)cc1. The molecular formula is C14H18N2O3S2. The Bertz CT molecular complexity index is 487. The largest absolute Gasteiger partial charge is 0.449 e. The van der Waals surface area contributed by atoms with Gasteiger partial charge in [0.2, 0.25) is 0 Å². The van der Waals surface area contributed by atoms with Crippen LogP contribution in [0.2, 0.25) is 0 Å². The van der Waals surface area contributed by atoms with Gasteiger partial charge in [-0.25, -0.2) is 10.2 Å². The van der Waals surface area contributed by atoms with Crippen LogP contribution in [0.1, 0.15) is 33.8 Å². The minimum Gasteiger partial charge on any atom is -0.449 e. The number of carbonyl (C=O) groups excluding carboxylic acids is 2. The minimum atomic E-state index is -0.669. The van der Waals surface area contributed by atoms with Crippen molar-refractivity contribution in [1.29, 1.82) is 0 Å². The zero-order valence-electron chi connectivity index (χ0n) is 11.8. The fourth-order valence-electron chi connectivity index (χ4n) is 1.82. The number of carbonyl (C=O) groups is 2. The van der Waals surface area contributed by atoms with Crippen molar-refractivity contribution in [2.45, 2.75) is 17.9 Å². The minimum absolute atomic E-state index is 0.257. The van der Waals surface area contributed by atoms with Crippen molar-refractivity contribution in [3.05, 3.63) is 35.4 Å². The van der Waals surface area contributed by atoms with Gasteiger partial charge in [-0.1, -0.05) is 12.1 Å². The second-order valence-electron chi connectivity index (χ2n) is 4.35. The van der Waals surface area contributed by atoms with E-state index in [0.29, 0.717) is 10.1 Å². The molecule has 1 aromatic rings. The molecule has 2 N–H and O–H groups in total. The van der Waals surface area contributed by atoms with Crippen molar-refractivity contribution in [1.82, 2.24) is 10.9 Å². The Hall–Kier alpha value is -1.34. The summed E-state index contributed by atoms with van der Waals surface area (Å²) in [5.74, 6) is 2.01. The van der Waals surface area contributed by atoms with Crippen LogP contribution >= 0.6 is 23.5 Å². The van der Waals surface area contributed by atoms with E-state index in [1.54, 1.807) is 19.1 Å². The maximum atomic E-state index is 11.8. The van der Waals surface area contributed by atoms with Crippen LogP contribution in [-0.4, -0.2) is 30.1 Å². The van der Waals surface area contributed by atoms with E-state index in [1.807, 2.05) is 35.7 Å². The van der Waals surface area contributed by atoms with Gasteiger partial charge >= 0.3 is 6.09 Å². The van der Waals surface area contributed by atoms with Gasteiger partial charge in [0.1, 0.15) is 0 Å². The average molecular weight is 326 g/mol. The zero-order valence-corrected chi connectivity index (χ0v) is 13.4. The summed E-state index contributed by atoms with van der Waals surface area (Å²) in [7, 11) is 0. The molecule has 0 saturated carbocycles. The summed E-state index contributed by atoms with van der Waals surface area (Å²) in [4.78, 5) is 22.9. The normalized spacial score (nSPS) is 15.3. The first-order chi connectivity index (χ1) is 10.2. The van der Waals surface area contributed by atoms with Gasteiger partial charge in [-0.05, 0) is 42.5 Å². The summed E-state index contributed by atoms with van der Waals surface area (Å²) in [6.07, 6.45) is 0.587. The molecule has 7 heteroatoms. The smallest absolute Gasteiger partial charge is 0.426 e. The van der Waals surface area contributed by atoms with E-state index in [-0.39, 0.29) is 12.5 Å². The van der Waals surface area contributed by atoms with Crippen molar-refractivity contribution in [2.75, 3.05) is 18.1 Å². The summed E-state index contributed by atoms with van der Waals surface area (Å²) in [5.41, 5.74) is 6.22. The molecule has 0 radical (unpaired) electrons. The van der Waals surface area contributed by atoms with Gasteiger partial charge in [0.25, 0.3) is 5.91 Å². The molecule has 1 aromatic carbocycles. The topological polar surface area (TPSA) is 67.4 Å². The highest BCUT2D eigenvalue weighted by atomic mass is 32.2. The summed E-state index contributed by atoms with van der Waals surface area (Å²) in [6, 6.07) is 7.48. The fraction of sp³-hybridized carbons (Fsp3) is 0.429. The Labute approximate surface area is 132 Å². The molecule has 1 aliphatic heterocycles. The number of nitrogens with one attached hydrogen (secondary N) is 2. The predicted octanol–water partition coefficient (Wildman–Crippen LogP) is 2.95. The van der Waals surface area contributed by atoms with Crippen molar-refractivity contribution < 1.29 is 14.3 Å². The van der Waals surface area contributed by atoms with Gasteiger partial charge in [0.05, 0.1) is 11.2 Å². The number of rotatable bonds is 3. The lowest BCUT2D eigenvalue weighted by atomic mass is 10.1. The number of benzene rings is 1. The average Bonchev–Trinajstić information content (AvgIpc) is 2.54. The second-order valence-corrected chi connectivity index (χ2v) is 7.07. The van der Waals surface area contributed by atoms with Crippen LogP contribution in [-0.2, 0) is 4.74 Å². The third kappa shape index (κ3) is 4.86. The van der Waals surface area contributed by atoms with Gasteiger partial charge in [0, 0.05) is 5.56 Å². The first-order valence-electron chi connectivity index (χ1n) is 6.77. The molecular weight excluding hydrogens is 308 g/mol. The first kappa shape index (κ1) is 16.0. The molecule has 1 heterocycles. The highest BCUT2D eigenvalue weighted by molar-refractivity contribution is 8.16. The van der Waals surface area contributed by atoms with E-state index in [9.17, 15) is 9.59 Å². The Morgan fingerprint density at radius 2 is 1.86 bits per heavy atom. The monoisotopic (exact) mass is 326 g/mol. The standard InChI is InChI=1S/C14H18N2O3S2/c1-2-19-14(18)16-15-12(17)10-4-6-11(7-5-10)13-20-8-3-9-21-13/h4-7,13H,2-3,8-9H2,1H3,(H,15,17)(H,16,18). The predicted molar refractivity (Wildman–Crippen MR) is 86.3 cm³/mol. The molecule has 21 heavy (non-hydrogen) atoms. The van der Waals surface area contributed by atoms with Crippen LogP contribution in [0.25, 0.3) is 0 Å². The summed E-state index contributed by atoms with van der Waals surface area (Å²) < 4.78 is 5.11. The van der Waals surface area contributed by atoms with E-state index in [1.165, 1.54) is 23.5 Å². The molecule has 1 fully saturated rings. The van der Waals surface area contributed by atoms with Gasteiger partial charge in [-0.2, -0.15) is 0 Å². The molecule has 1 aliphatic rings. The lowest BCUT2D eigenvalue weighted by Gasteiger charge is -2.21. The number of amides is 2. The maximum absolute atomic E-state index is 11.8. The van der Waals surface area contributed by atoms with Crippen LogP contribution in [0, 0.1) is 0 Å². The molecule has 0 aromatic heterocycles. The van der Waals surface area contributed by atoms with Gasteiger partial charge in [0.15, 0.2) is 0 Å². The van der Waals surface area contributed by atoms with E-state index in [0.717, 1.165) is 0 Å². The number of hydrogen-bond donors (Lipinski definition) is 2. The van der Waals surface area contributed by atoms with Gasteiger partial charge < -0.3 is 4.74 Å². The summed E-state index contributed by atoms with van der Waals surface area (Å²) in [5, 5.41) is 0. The van der Waals surface area contributed by atoms with Crippen molar-refractivity contribution in [2.24, 2.45) is 0 Å². The highest BCUT2D eigenvalue weighted by Crippen LogP contribution is 2.43.